The van der Waals surface area contributed by atoms with Crippen LogP contribution in [-0.4, -0.2) is 47.9 Å². The molecule has 4 rings (SSSR count). The largest absolute Gasteiger partial charge is 0.485 e. The first kappa shape index (κ1) is 20.0. The summed E-state index contributed by atoms with van der Waals surface area (Å²) in [6, 6.07) is 10.8. The number of carbonyl (C=O) groups is 3. The SMILES string of the molecule is Cc1ccc(CNC(=O)CN2CCC3(CCC2=O)CNC(=O)c2ccccc2O3)o1. The van der Waals surface area contributed by atoms with Gasteiger partial charge in [0.1, 0.15) is 22.9 Å². The van der Waals surface area contributed by atoms with E-state index in [1.54, 1.807) is 23.1 Å². The predicted molar refractivity (Wildman–Crippen MR) is 108 cm³/mol. The van der Waals surface area contributed by atoms with E-state index in [9.17, 15) is 14.4 Å². The lowest BCUT2D eigenvalue weighted by Crippen LogP contribution is -2.46. The number of ether oxygens (including phenoxy) is 1. The van der Waals surface area contributed by atoms with Crippen LogP contribution in [0.5, 0.6) is 5.75 Å². The summed E-state index contributed by atoms with van der Waals surface area (Å²) >= 11 is 0. The highest BCUT2D eigenvalue weighted by Crippen LogP contribution is 2.33. The van der Waals surface area contributed by atoms with Gasteiger partial charge >= 0.3 is 0 Å². The third kappa shape index (κ3) is 4.32. The van der Waals surface area contributed by atoms with Crippen LogP contribution in [0, 0.1) is 6.92 Å². The normalized spacial score (nSPS) is 21.3. The number of benzene rings is 1. The Hall–Kier alpha value is -3.29. The van der Waals surface area contributed by atoms with Gasteiger partial charge in [0, 0.05) is 19.4 Å². The number of fused-ring (bicyclic) bond motifs is 1. The predicted octanol–water partition coefficient (Wildman–Crippen LogP) is 1.78. The van der Waals surface area contributed by atoms with Crippen molar-refractivity contribution in [1.82, 2.24) is 15.5 Å². The van der Waals surface area contributed by atoms with E-state index in [0.29, 0.717) is 43.0 Å². The zero-order chi connectivity index (χ0) is 21.1. The van der Waals surface area contributed by atoms with Crippen molar-refractivity contribution in [3.63, 3.8) is 0 Å². The van der Waals surface area contributed by atoms with Crippen molar-refractivity contribution in [3.05, 3.63) is 53.5 Å². The van der Waals surface area contributed by atoms with Crippen molar-refractivity contribution in [2.45, 2.75) is 38.3 Å². The highest BCUT2D eigenvalue weighted by atomic mass is 16.5. The van der Waals surface area contributed by atoms with Crippen LogP contribution in [0.25, 0.3) is 0 Å². The number of aryl methyl sites for hydroxylation is 1. The van der Waals surface area contributed by atoms with Crippen LogP contribution in [0.3, 0.4) is 0 Å². The van der Waals surface area contributed by atoms with Gasteiger partial charge in [-0.2, -0.15) is 0 Å². The molecular weight excluding hydrogens is 386 g/mol. The van der Waals surface area contributed by atoms with Crippen LogP contribution >= 0.6 is 0 Å². The molecule has 0 saturated carbocycles. The van der Waals surface area contributed by atoms with E-state index in [4.69, 9.17) is 9.15 Å². The number of para-hydroxylation sites is 1. The van der Waals surface area contributed by atoms with Gasteiger partial charge in [-0.3, -0.25) is 14.4 Å². The summed E-state index contributed by atoms with van der Waals surface area (Å²) in [7, 11) is 0. The lowest BCUT2D eigenvalue weighted by Gasteiger charge is -2.32. The van der Waals surface area contributed by atoms with Crippen LogP contribution in [0.2, 0.25) is 0 Å². The third-order valence-electron chi connectivity index (χ3n) is 5.60. The van der Waals surface area contributed by atoms with Gasteiger partial charge in [-0.25, -0.2) is 0 Å². The third-order valence-corrected chi connectivity index (χ3v) is 5.60. The van der Waals surface area contributed by atoms with Gasteiger partial charge in [0.05, 0.1) is 25.2 Å². The van der Waals surface area contributed by atoms with Crippen molar-refractivity contribution < 1.29 is 23.5 Å². The van der Waals surface area contributed by atoms with E-state index in [0.717, 1.165) is 5.76 Å². The Bertz CT molecular complexity index is 969. The summed E-state index contributed by atoms with van der Waals surface area (Å²) in [5, 5.41) is 5.70. The number of nitrogens with one attached hydrogen (secondary N) is 2. The number of nitrogens with zero attached hydrogens (tertiary/aromatic N) is 1. The minimum absolute atomic E-state index is 0.0163. The number of hydrogen-bond acceptors (Lipinski definition) is 5. The number of furan rings is 1. The first-order valence-corrected chi connectivity index (χ1v) is 10.1. The maximum Gasteiger partial charge on any atom is 0.255 e. The van der Waals surface area contributed by atoms with E-state index < -0.39 is 5.60 Å². The van der Waals surface area contributed by atoms with E-state index in [2.05, 4.69) is 10.6 Å². The molecule has 1 aromatic heterocycles. The molecule has 2 aromatic rings. The minimum atomic E-state index is -0.672. The minimum Gasteiger partial charge on any atom is -0.485 e. The molecule has 1 aromatic carbocycles. The summed E-state index contributed by atoms with van der Waals surface area (Å²) in [5.74, 6) is 1.46. The summed E-state index contributed by atoms with van der Waals surface area (Å²) in [6.07, 6.45) is 1.25. The van der Waals surface area contributed by atoms with Gasteiger partial charge in [-0.1, -0.05) is 12.1 Å². The van der Waals surface area contributed by atoms with Gasteiger partial charge in [-0.15, -0.1) is 0 Å². The molecule has 0 radical (unpaired) electrons. The smallest absolute Gasteiger partial charge is 0.255 e. The average molecular weight is 411 g/mol. The molecule has 1 spiro atoms. The van der Waals surface area contributed by atoms with Gasteiger partial charge < -0.3 is 24.7 Å². The molecule has 1 saturated heterocycles. The summed E-state index contributed by atoms with van der Waals surface area (Å²) in [5.41, 5.74) is -0.177. The molecule has 0 bridgehead atoms. The molecule has 0 aliphatic carbocycles. The number of hydrogen-bond donors (Lipinski definition) is 2. The molecule has 8 heteroatoms. The Labute approximate surface area is 174 Å². The maximum atomic E-state index is 12.6. The van der Waals surface area contributed by atoms with Gasteiger partial charge in [0.25, 0.3) is 5.91 Å². The molecule has 30 heavy (non-hydrogen) atoms. The molecule has 158 valence electrons. The average Bonchev–Trinajstić information content (AvgIpc) is 3.03. The second-order valence-electron chi connectivity index (χ2n) is 7.82. The lowest BCUT2D eigenvalue weighted by atomic mass is 9.94. The summed E-state index contributed by atoms with van der Waals surface area (Å²) < 4.78 is 11.7. The number of amides is 3. The molecule has 3 amide bonds. The van der Waals surface area contributed by atoms with Gasteiger partial charge in [-0.05, 0) is 37.6 Å². The van der Waals surface area contributed by atoms with Crippen molar-refractivity contribution in [1.29, 1.82) is 0 Å². The molecular formula is C22H25N3O5. The van der Waals surface area contributed by atoms with E-state index in [-0.39, 0.29) is 37.2 Å². The number of rotatable bonds is 4. The maximum absolute atomic E-state index is 12.6. The van der Waals surface area contributed by atoms with Crippen LogP contribution in [0.4, 0.5) is 0 Å². The molecule has 1 atom stereocenters. The fourth-order valence-electron chi connectivity index (χ4n) is 3.87. The molecule has 8 nitrogen and oxygen atoms in total. The zero-order valence-electron chi connectivity index (χ0n) is 16.9. The standard InChI is InChI=1S/C22H25N3O5/c1-15-6-7-16(29-15)12-23-19(26)13-25-11-10-22(9-8-20(25)27)14-24-21(28)17-4-2-3-5-18(17)30-22/h2-7H,8-14H2,1H3,(H,23,26)(H,24,28). The highest BCUT2D eigenvalue weighted by molar-refractivity contribution is 5.97. The molecule has 2 N–H and O–H groups in total. The van der Waals surface area contributed by atoms with Crippen molar-refractivity contribution in [2.24, 2.45) is 0 Å². The monoisotopic (exact) mass is 411 g/mol. The lowest BCUT2D eigenvalue weighted by molar-refractivity contribution is -0.135. The van der Waals surface area contributed by atoms with Gasteiger partial charge in [0.2, 0.25) is 11.8 Å². The Morgan fingerprint density at radius 1 is 1.20 bits per heavy atom. The Morgan fingerprint density at radius 3 is 2.83 bits per heavy atom. The van der Waals surface area contributed by atoms with Crippen LogP contribution < -0.4 is 15.4 Å². The quantitative estimate of drug-likeness (QED) is 0.799. The van der Waals surface area contributed by atoms with Gasteiger partial charge in [0.15, 0.2) is 0 Å². The molecule has 2 aliphatic heterocycles. The van der Waals surface area contributed by atoms with E-state index in [1.807, 2.05) is 25.1 Å². The van der Waals surface area contributed by atoms with Crippen LogP contribution in [-0.2, 0) is 16.1 Å². The first-order chi connectivity index (χ1) is 14.4. The fraction of sp³-hybridized carbons (Fsp3) is 0.409. The molecule has 3 heterocycles. The van der Waals surface area contributed by atoms with E-state index in [1.165, 1.54) is 0 Å². The van der Waals surface area contributed by atoms with Crippen LogP contribution in [0.1, 0.15) is 41.1 Å². The van der Waals surface area contributed by atoms with Crippen LogP contribution in [0.15, 0.2) is 40.8 Å². The molecule has 1 unspecified atom stereocenters. The second kappa shape index (κ2) is 8.22. The topological polar surface area (TPSA) is 101 Å². The number of likely N-dealkylation sites (tertiary alicyclic amines) is 1. The molecule has 2 aliphatic rings. The molecule has 1 fully saturated rings. The van der Waals surface area contributed by atoms with Crippen molar-refractivity contribution in [2.75, 3.05) is 19.6 Å². The van der Waals surface area contributed by atoms with Crippen molar-refractivity contribution in [3.8, 4) is 5.75 Å². The summed E-state index contributed by atoms with van der Waals surface area (Å²) in [6.45, 7) is 2.81. The Kier molecular flexibility index (Phi) is 5.48. The fourth-order valence-corrected chi connectivity index (χ4v) is 3.87. The summed E-state index contributed by atoms with van der Waals surface area (Å²) in [4.78, 5) is 38.9. The second-order valence-corrected chi connectivity index (χ2v) is 7.82. The Balaban J connectivity index is 1.39. The van der Waals surface area contributed by atoms with Crippen molar-refractivity contribution >= 4 is 17.7 Å². The zero-order valence-corrected chi connectivity index (χ0v) is 16.9. The Morgan fingerprint density at radius 2 is 2.03 bits per heavy atom. The van der Waals surface area contributed by atoms with E-state index >= 15 is 0 Å². The number of carbonyl (C=O) groups excluding carboxylic acids is 3. The highest BCUT2D eigenvalue weighted by Gasteiger charge is 2.40. The first-order valence-electron chi connectivity index (χ1n) is 10.1.